The Hall–Kier alpha value is -2.66. The molecule has 0 aliphatic carbocycles. The number of rotatable bonds is 6. The maximum atomic E-state index is 12.3. The van der Waals surface area contributed by atoms with Crippen LogP contribution in [0.5, 0.6) is 5.75 Å². The molecule has 2 aromatic carbocycles. The van der Waals surface area contributed by atoms with E-state index in [1.165, 1.54) is 0 Å². The summed E-state index contributed by atoms with van der Waals surface area (Å²) in [4.78, 5) is 6.75. The summed E-state index contributed by atoms with van der Waals surface area (Å²) in [5.74, 6) is 0.563. The largest absolute Gasteiger partial charge is 0.491 e. The summed E-state index contributed by atoms with van der Waals surface area (Å²) < 4.78 is 17.7. The van der Waals surface area contributed by atoms with Crippen LogP contribution in [0.3, 0.4) is 0 Å². The van der Waals surface area contributed by atoms with E-state index in [9.17, 15) is 9.50 Å². The molecule has 1 unspecified atom stereocenters. The average molecular weight is 340 g/mol. The minimum absolute atomic E-state index is 0.0757. The monoisotopic (exact) mass is 340 g/mol. The van der Waals surface area contributed by atoms with Crippen LogP contribution >= 0.6 is 0 Å². The molecule has 3 rings (SSSR count). The number of aliphatic hydroxyl groups is 1. The van der Waals surface area contributed by atoms with Crippen LogP contribution in [0, 0.1) is 0 Å². The first-order valence-electron chi connectivity index (χ1n) is 8.12. The van der Waals surface area contributed by atoms with E-state index >= 15 is 0 Å². The molecule has 0 fully saturated rings. The van der Waals surface area contributed by atoms with Gasteiger partial charge in [-0.25, -0.2) is 9.37 Å². The van der Waals surface area contributed by atoms with E-state index in [1.807, 2.05) is 49.3 Å². The van der Waals surface area contributed by atoms with E-state index < -0.39 is 12.8 Å². The van der Waals surface area contributed by atoms with Crippen LogP contribution in [0.2, 0.25) is 0 Å². The Balaban J connectivity index is 1.87. The minimum Gasteiger partial charge on any atom is -0.491 e. The van der Waals surface area contributed by atoms with Gasteiger partial charge in [-0.1, -0.05) is 18.2 Å². The Morgan fingerprint density at radius 3 is 2.48 bits per heavy atom. The topological polar surface area (TPSA) is 45.6 Å². The van der Waals surface area contributed by atoms with Gasteiger partial charge < -0.3 is 14.7 Å². The van der Waals surface area contributed by atoms with Crippen LogP contribution in [-0.2, 0) is 0 Å². The van der Waals surface area contributed by atoms with Gasteiger partial charge in [0.05, 0.1) is 11.2 Å². The van der Waals surface area contributed by atoms with Gasteiger partial charge in [0.2, 0.25) is 0 Å². The number of hydrogen-bond acceptors (Lipinski definition) is 4. The van der Waals surface area contributed by atoms with E-state index in [2.05, 4.69) is 12.1 Å². The standard InChI is InChI=1S/C20H21FN2O2/c1-23(2)16-7-3-14(4-8-16)19-10-6-15-5-9-18(11-20(15)22-19)25-13-17(24)12-21/h3-11,17,24H,12-13H2,1-2H3. The van der Waals surface area contributed by atoms with E-state index in [1.54, 1.807) is 12.1 Å². The number of nitrogens with zero attached hydrogens (tertiary/aromatic N) is 2. The lowest BCUT2D eigenvalue weighted by atomic mass is 10.1. The third-order valence-corrected chi connectivity index (χ3v) is 3.96. The van der Waals surface area contributed by atoms with Crippen molar-refractivity contribution in [1.82, 2.24) is 4.98 Å². The van der Waals surface area contributed by atoms with Gasteiger partial charge in [0.25, 0.3) is 0 Å². The lowest BCUT2D eigenvalue weighted by molar-refractivity contribution is 0.0842. The molecule has 0 aliphatic heterocycles. The van der Waals surface area contributed by atoms with Crippen molar-refractivity contribution in [3.63, 3.8) is 0 Å². The lowest BCUT2D eigenvalue weighted by Crippen LogP contribution is -2.19. The number of alkyl halides is 1. The van der Waals surface area contributed by atoms with Crippen molar-refractivity contribution in [3.05, 3.63) is 54.6 Å². The molecule has 1 atom stereocenters. The van der Waals surface area contributed by atoms with Gasteiger partial charge in [-0.3, -0.25) is 0 Å². The molecule has 3 aromatic rings. The number of aromatic nitrogens is 1. The molecule has 4 nitrogen and oxygen atoms in total. The second kappa shape index (κ2) is 7.49. The van der Waals surface area contributed by atoms with Crippen LogP contribution in [0.4, 0.5) is 10.1 Å². The summed E-state index contributed by atoms with van der Waals surface area (Å²) in [6.45, 7) is -0.896. The zero-order valence-electron chi connectivity index (χ0n) is 14.3. The fourth-order valence-electron chi connectivity index (χ4n) is 2.51. The SMILES string of the molecule is CN(C)c1ccc(-c2ccc3ccc(OCC(O)CF)cc3n2)cc1. The zero-order valence-corrected chi connectivity index (χ0v) is 14.3. The van der Waals surface area contributed by atoms with Crippen LogP contribution in [-0.4, -0.2) is 43.6 Å². The number of ether oxygens (including phenoxy) is 1. The summed E-state index contributed by atoms with van der Waals surface area (Å²) >= 11 is 0. The van der Waals surface area contributed by atoms with Gasteiger partial charge in [0, 0.05) is 36.8 Å². The lowest BCUT2D eigenvalue weighted by Gasteiger charge is -2.13. The van der Waals surface area contributed by atoms with Crippen molar-refractivity contribution in [2.45, 2.75) is 6.10 Å². The van der Waals surface area contributed by atoms with Crippen molar-refractivity contribution in [3.8, 4) is 17.0 Å². The second-order valence-electron chi connectivity index (χ2n) is 6.11. The highest BCUT2D eigenvalue weighted by molar-refractivity contribution is 5.83. The quantitative estimate of drug-likeness (QED) is 0.744. The molecule has 1 N–H and O–H groups in total. The Morgan fingerprint density at radius 1 is 1.08 bits per heavy atom. The number of fused-ring (bicyclic) bond motifs is 1. The number of aliphatic hydroxyl groups excluding tert-OH is 1. The summed E-state index contributed by atoms with van der Waals surface area (Å²) in [6, 6.07) is 17.7. The smallest absolute Gasteiger partial charge is 0.121 e. The Morgan fingerprint density at radius 2 is 1.80 bits per heavy atom. The summed E-state index contributed by atoms with van der Waals surface area (Å²) in [5.41, 5.74) is 3.83. The number of hydrogen-bond donors (Lipinski definition) is 1. The fourth-order valence-corrected chi connectivity index (χ4v) is 2.51. The summed E-state index contributed by atoms with van der Waals surface area (Å²) in [7, 11) is 4.01. The van der Waals surface area contributed by atoms with Crippen LogP contribution < -0.4 is 9.64 Å². The number of benzene rings is 2. The van der Waals surface area contributed by atoms with Gasteiger partial charge >= 0.3 is 0 Å². The van der Waals surface area contributed by atoms with E-state index in [4.69, 9.17) is 9.72 Å². The summed E-state index contributed by atoms with van der Waals surface area (Å²) in [5, 5.41) is 10.3. The molecular formula is C20H21FN2O2. The number of anilines is 1. The highest BCUT2D eigenvalue weighted by Crippen LogP contribution is 2.25. The molecule has 25 heavy (non-hydrogen) atoms. The van der Waals surface area contributed by atoms with Crippen molar-refractivity contribution >= 4 is 16.6 Å². The fraction of sp³-hybridized carbons (Fsp3) is 0.250. The molecule has 1 aromatic heterocycles. The van der Waals surface area contributed by atoms with Crippen LogP contribution in [0.1, 0.15) is 0 Å². The first kappa shape index (κ1) is 17.2. The molecule has 5 heteroatoms. The predicted molar refractivity (Wildman–Crippen MR) is 99.0 cm³/mol. The normalized spacial score (nSPS) is 12.2. The molecular weight excluding hydrogens is 319 g/mol. The minimum atomic E-state index is -1.11. The Kier molecular flexibility index (Phi) is 5.14. The van der Waals surface area contributed by atoms with Gasteiger partial charge in [-0.15, -0.1) is 0 Å². The van der Waals surface area contributed by atoms with Gasteiger partial charge in [0.1, 0.15) is 25.1 Å². The van der Waals surface area contributed by atoms with Gasteiger partial charge in [-0.2, -0.15) is 0 Å². The van der Waals surface area contributed by atoms with Gasteiger partial charge in [-0.05, 0) is 30.3 Å². The average Bonchev–Trinajstić information content (AvgIpc) is 2.65. The maximum absolute atomic E-state index is 12.3. The molecule has 0 bridgehead atoms. The molecule has 0 saturated heterocycles. The summed E-state index contributed by atoms with van der Waals surface area (Å²) in [6.07, 6.45) is -1.11. The van der Waals surface area contributed by atoms with Crippen LogP contribution in [0.15, 0.2) is 54.6 Å². The number of pyridine rings is 1. The highest BCUT2D eigenvalue weighted by Gasteiger charge is 2.07. The maximum Gasteiger partial charge on any atom is 0.121 e. The van der Waals surface area contributed by atoms with E-state index in [0.29, 0.717) is 5.75 Å². The Labute approximate surface area is 146 Å². The zero-order chi connectivity index (χ0) is 17.8. The molecule has 1 heterocycles. The van der Waals surface area contributed by atoms with Crippen LogP contribution in [0.25, 0.3) is 22.2 Å². The van der Waals surface area contributed by atoms with Crippen molar-refractivity contribution in [1.29, 1.82) is 0 Å². The third kappa shape index (κ3) is 4.06. The molecule has 0 saturated carbocycles. The first-order valence-corrected chi connectivity index (χ1v) is 8.12. The molecule has 0 aliphatic rings. The van der Waals surface area contributed by atoms with Crippen molar-refractivity contribution in [2.75, 3.05) is 32.3 Å². The second-order valence-corrected chi connectivity index (χ2v) is 6.11. The van der Waals surface area contributed by atoms with E-state index in [0.717, 1.165) is 27.8 Å². The molecule has 130 valence electrons. The third-order valence-electron chi connectivity index (χ3n) is 3.96. The Bertz CT molecular complexity index is 850. The van der Waals surface area contributed by atoms with Crippen molar-refractivity contribution < 1.29 is 14.2 Å². The molecule has 0 spiro atoms. The van der Waals surface area contributed by atoms with Crippen molar-refractivity contribution in [2.24, 2.45) is 0 Å². The molecule has 0 amide bonds. The first-order chi connectivity index (χ1) is 12.1. The van der Waals surface area contributed by atoms with E-state index in [-0.39, 0.29) is 6.61 Å². The molecule has 0 radical (unpaired) electrons. The van der Waals surface area contributed by atoms with Gasteiger partial charge in [0.15, 0.2) is 0 Å². The highest BCUT2D eigenvalue weighted by atomic mass is 19.1. The predicted octanol–water partition coefficient (Wildman–Crippen LogP) is 3.68. The number of halogens is 1.